The van der Waals surface area contributed by atoms with Crippen molar-refractivity contribution in [2.45, 2.75) is 44.2 Å². The molecule has 1 saturated carbocycles. The highest BCUT2D eigenvalue weighted by atomic mass is 16.5. The van der Waals surface area contributed by atoms with E-state index in [-0.39, 0.29) is 5.91 Å². The summed E-state index contributed by atoms with van der Waals surface area (Å²) in [6, 6.07) is 8.76. The fraction of sp³-hybridized carbons (Fsp3) is 0.588. The minimum Gasteiger partial charge on any atom is -0.497 e. The standard InChI is InChI=1S/C17H24N2O2/c1-21-16-6-2-13(3-7-16)12-17(20)19(14-4-5-14)15-8-10-18-11-9-15/h2-3,6-7,14-15,18H,4-5,8-12H2,1H3. The summed E-state index contributed by atoms with van der Waals surface area (Å²) in [5.41, 5.74) is 1.07. The second kappa shape index (κ2) is 6.48. The van der Waals surface area contributed by atoms with Gasteiger partial charge < -0.3 is 15.0 Å². The predicted molar refractivity (Wildman–Crippen MR) is 82.5 cm³/mol. The number of hydrogen-bond donors (Lipinski definition) is 1. The van der Waals surface area contributed by atoms with Crippen molar-refractivity contribution in [2.75, 3.05) is 20.2 Å². The van der Waals surface area contributed by atoms with Gasteiger partial charge in [-0.15, -0.1) is 0 Å². The van der Waals surface area contributed by atoms with Gasteiger partial charge in [-0.05, 0) is 56.5 Å². The number of methoxy groups -OCH3 is 1. The van der Waals surface area contributed by atoms with Gasteiger partial charge in [0.1, 0.15) is 5.75 Å². The van der Waals surface area contributed by atoms with E-state index in [1.165, 1.54) is 12.8 Å². The molecule has 2 fully saturated rings. The average Bonchev–Trinajstić information content (AvgIpc) is 3.34. The maximum Gasteiger partial charge on any atom is 0.227 e. The summed E-state index contributed by atoms with van der Waals surface area (Å²) in [7, 11) is 1.66. The third-order valence-electron chi connectivity index (χ3n) is 4.44. The molecule has 4 heteroatoms. The minimum atomic E-state index is 0.287. The maximum atomic E-state index is 12.7. The van der Waals surface area contributed by atoms with Gasteiger partial charge in [0.15, 0.2) is 0 Å². The van der Waals surface area contributed by atoms with Gasteiger partial charge in [-0.3, -0.25) is 4.79 Å². The Kier molecular flexibility index (Phi) is 4.44. The van der Waals surface area contributed by atoms with E-state index in [1.807, 2.05) is 24.3 Å². The fourth-order valence-electron chi connectivity index (χ4n) is 3.15. The zero-order chi connectivity index (χ0) is 14.7. The van der Waals surface area contributed by atoms with Crippen LogP contribution in [0.15, 0.2) is 24.3 Å². The summed E-state index contributed by atoms with van der Waals surface area (Å²) in [5, 5.41) is 3.38. The number of nitrogens with one attached hydrogen (secondary N) is 1. The molecule has 1 N–H and O–H groups in total. The van der Waals surface area contributed by atoms with Crippen molar-refractivity contribution in [1.29, 1.82) is 0 Å². The van der Waals surface area contributed by atoms with Crippen molar-refractivity contribution in [3.05, 3.63) is 29.8 Å². The van der Waals surface area contributed by atoms with Gasteiger partial charge in [0.25, 0.3) is 0 Å². The number of ether oxygens (including phenoxy) is 1. The molecule has 3 rings (SSSR count). The van der Waals surface area contributed by atoms with Crippen LogP contribution < -0.4 is 10.1 Å². The average molecular weight is 288 g/mol. The summed E-state index contributed by atoms with van der Waals surface area (Å²) < 4.78 is 5.16. The largest absolute Gasteiger partial charge is 0.497 e. The van der Waals surface area contributed by atoms with Crippen molar-refractivity contribution < 1.29 is 9.53 Å². The van der Waals surface area contributed by atoms with Crippen molar-refractivity contribution in [2.24, 2.45) is 0 Å². The summed E-state index contributed by atoms with van der Waals surface area (Å²) >= 11 is 0. The highest BCUT2D eigenvalue weighted by molar-refractivity contribution is 5.79. The van der Waals surface area contributed by atoms with Crippen LogP contribution in [0, 0.1) is 0 Å². The van der Waals surface area contributed by atoms with Crippen LogP contribution in [-0.4, -0.2) is 43.1 Å². The Morgan fingerprint density at radius 3 is 2.33 bits per heavy atom. The van der Waals surface area contributed by atoms with Crippen LogP contribution in [-0.2, 0) is 11.2 Å². The van der Waals surface area contributed by atoms with E-state index in [4.69, 9.17) is 4.74 Å². The molecule has 1 aromatic carbocycles. The topological polar surface area (TPSA) is 41.6 Å². The van der Waals surface area contributed by atoms with Gasteiger partial charge in [0.05, 0.1) is 13.5 Å². The molecule has 1 saturated heterocycles. The van der Waals surface area contributed by atoms with E-state index < -0.39 is 0 Å². The van der Waals surface area contributed by atoms with Crippen LogP contribution in [0.3, 0.4) is 0 Å². The molecule has 0 atom stereocenters. The number of hydrogen-bond acceptors (Lipinski definition) is 3. The number of nitrogens with zero attached hydrogens (tertiary/aromatic N) is 1. The molecule has 0 unspecified atom stereocenters. The summed E-state index contributed by atoms with van der Waals surface area (Å²) in [6.45, 7) is 2.06. The second-order valence-electron chi connectivity index (χ2n) is 6.04. The normalized spacial score (nSPS) is 19.3. The zero-order valence-corrected chi connectivity index (χ0v) is 12.7. The lowest BCUT2D eigenvalue weighted by Crippen LogP contribution is -2.47. The van der Waals surface area contributed by atoms with Crippen LogP contribution in [0.4, 0.5) is 0 Å². The highest BCUT2D eigenvalue weighted by Gasteiger charge is 2.37. The monoisotopic (exact) mass is 288 g/mol. The van der Waals surface area contributed by atoms with Crippen molar-refractivity contribution in [3.8, 4) is 5.75 Å². The first-order valence-corrected chi connectivity index (χ1v) is 7.93. The van der Waals surface area contributed by atoms with Crippen molar-refractivity contribution >= 4 is 5.91 Å². The number of rotatable bonds is 5. The Labute approximate surface area is 126 Å². The molecule has 1 amide bonds. The minimum absolute atomic E-state index is 0.287. The quantitative estimate of drug-likeness (QED) is 0.901. The Bertz CT molecular complexity index is 476. The number of benzene rings is 1. The number of carbonyl (C=O) groups is 1. The molecule has 1 aromatic rings. The van der Waals surface area contributed by atoms with E-state index in [0.29, 0.717) is 18.5 Å². The fourth-order valence-corrected chi connectivity index (χ4v) is 3.15. The lowest BCUT2D eigenvalue weighted by Gasteiger charge is -2.35. The molecule has 0 aromatic heterocycles. The lowest BCUT2D eigenvalue weighted by atomic mass is 10.0. The zero-order valence-electron chi connectivity index (χ0n) is 12.7. The third kappa shape index (κ3) is 3.56. The first-order valence-electron chi connectivity index (χ1n) is 7.93. The highest BCUT2D eigenvalue weighted by Crippen LogP contribution is 2.31. The molecular formula is C17H24N2O2. The smallest absolute Gasteiger partial charge is 0.227 e. The van der Waals surface area contributed by atoms with Crippen LogP contribution in [0.5, 0.6) is 5.75 Å². The number of carbonyl (C=O) groups excluding carboxylic acids is 1. The van der Waals surface area contributed by atoms with E-state index in [1.54, 1.807) is 7.11 Å². The first kappa shape index (κ1) is 14.4. The summed E-state index contributed by atoms with van der Waals surface area (Å²) in [4.78, 5) is 14.9. The molecule has 0 bridgehead atoms. The van der Waals surface area contributed by atoms with Crippen molar-refractivity contribution in [1.82, 2.24) is 10.2 Å². The van der Waals surface area contributed by atoms with Gasteiger partial charge in [0, 0.05) is 12.1 Å². The molecule has 4 nitrogen and oxygen atoms in total. The van der Waals surface area contributed by atoms with E-state index in [0.717, 1.165) is 37.2 Å². The maximum absolute atomic E-state index is 12.7. The van der Waals surface area contributed by atoms with Gasteiger partial charge in [-0.1, -0.05) is 12.1 Å². The van der Waals surface area contributed by atoms with Gasteiger partial charge in [0.2, 0.25) is 5.91 Å². The molecule has 1 aliphatic heterocycles. The Balaban J connectivity index is 1.65. The first-order chi connectivity index (χ1) is 10.3. The molecule has 1 aliphatic carbocycles. The molecule has 1 heterocycles. The summed E-state index contributed by atoms with van der Waals surface area (Å²) in [5.74, 6) is 1.12. The SMILES string of the molecule is COc1ccc(CC(=O)N(C2CCNCC2)C2CC2)cc1. The Morgan fingerprint density at radius 1 is 1.14 bits per heavy atom. The van der Waals surface area contributed by atoms with E-state index in [2.05, 4.69) is 10.2 Å². The van der Waals surface area contributed by atoms with Gasteiger partial charge in [-0.25, -0.2) is 0 Å². The Hall–Kier alpha value is -1.55. The number of piperidine rings is 1. The van der Waals surface area contributed by atoms with Crippen LogP contribution in [0.2, 0.25) is 0 Å². The molecule has 2 aliphatic rings. The van der Waals surface area contributed by atoms with Crippen LogP contribution in [0.25, 0.3) is 0 Å². The van der Waals surface area contributed by atoms with Crippen LogP contribution in [0.1, 0.15) is 31.2 Å². The lowest BCUT2D eigenvalue weighted by molar-refractivity contribution is -0.134. The molecular weight excluding hydrogens is 264 g/mol. The molecule has 0 spiro atoms. The summed E-state index contributed by atoms with van der Waals surface area (Å²) in [6.07, 6.45) is 5.04. The molecule has 0 radical (unpaired) electrons. The van der Waals surface area contributed by atoms with Crippen molar-refractivity contribution in [3.63, 3.8) is 0 Å². The number of amides is 1. The third-order valence-corrected chi connectivity index (χ3v) is 4.44. The van der Waals surface area contributed by atoms with Gasteiger partial charge >= 0.3 is 0 Å². The Morgan fingerprint density at radius 2 is 1.76 bits per heavy atom. The molecule has 114 valence electrons. The van der Waals surface area contributed by atoms with E-state index >= 15 is 0 Å². The second-order valence-corrected chi connectivity index (χ2v) is 6.04. The van der Waals surface area contributed by atoms with Gasteiger partial charge in [-0.2, -0.15) is 0 Å². The predicted octanol–water partition coefficient (Wildman–Crippen LogP) is 1.98. The molecule has 21 heavy (non-hydrogen) atoms. The van der Waals surface area contributed by atoms with Crippen LogP contribution >= 0.6 is 0 Å². The van der Waals surface area contributed by atoms with E-state index in [9.17, 15) is 4.79 Å².